The molecule has 1 atom stereocenters. The quantitative estimate of drug-likeness (QED) is 0.835. The number of halogens is 1. The maximum Gasteiger partial charge on any atom is 0.143 e. The lowest BCUT2D eigenvalue weighted by molar-refractivity contribution is 0.0925. The monoisotopic (exact) mass is 284 g/mol. The summed E-state index contributed by atoms with van der Waals surface area (Å²) in [5.41, 5.74) is 1.23. The predicted molar refractivity (Wildman–Crippen MR) is 68.9 cm³/mol. The molecule has 3 nitrogen and oxygen atoms in total. The van der Waals surface area contributed by atoms with Crippen LogP contribution in [-0.4, -0.2) is 30.8 Å². The molecule has 1 aromatic heterocycles. The Labute approximate surface area is 105 Å². The summed E-state index contributed by atoms with van der Waals surface area (Å²) in [4.78, 5) is 6.83. The van der Waals surface area contributed by atoms with E-state index in [-0.39, 0.29) is 0 Å². The Balaban J connectivity index is 2.30. The summed E-state index contributed by atoms with van der Waals surface area (Å²) in [5.74, 6) is 1.05. The molecule has 1 aliphatic rings. The SMILES string of the molecule is CCC1COCCN1c1nccc(C)c1Br. The average molecular weight is 285 g/mol. The van der Waals surface area contributed by atoms with Gasteiger partial charge >= 0.3 is 0 Å². The van der Waals surface area contributed by atoms with Crippen molar-refractivity contribution in [2.45, 2.75) is 26.3 Å². The zero-order chi connectivity index (χ0) is 11.5. The average Bonchev–Trinajstić information content (AvgIpc) is 2.33. The van der Waals surface area contributed by atoms with Crippen molar-refractivity contribution in [1.82, 2.24) is 4.98 Å². The first-order chi connectivity index (χ1) is 7.74. The number of morpholine rings is 1. The summed E-state index contributed by atoms with van der Waals surface area (Å²) in [6.45, 7) is 6.80. The Morgan fingerprint density at radius 2 is 2.44 bits per heavy atom. The van der Waals surface area contributed by atoms with Crippen LogP contribution in [0.4, 0.5) is 5.82 Å². The van der Waals surface area contributed by atoms with Crippen molar-refractivity contribution in [2.75, 3.05) is 24.7 Å². The minimum absolute atomic E-state index is 0.444. The first-order valence-electron chi connectivity index (χ1n) is 5.69. The van der Waals surface area contributed by atoms with Gasteiger partial charge in [-0.15, -0.1) is 0 Å². The van der Waals surface area contributed by atoms with Crippen molar-refractivity contribution >= 4 is 21.7 Å². The molecule has 1 saturated heterocycles. The Morgan fingerprint density at radius 1 is 1.62 bits per heavy atom. The molecular formula is C12H17BrN2O. The van der Waals surface area contributed by atoms with Gasteiger partial charge < -0.3 is 9.64 Å². The smallest absolute Gasteiger partial charge is 0.143 e. The molecule has 0 aromatic carbocycles. The molecule has 88 valence electrons. The molecule has 0 bridgehead atoms. The number of rotatable bonds is 2. The predicted octanol–water partition coefficient (Wildman–Crippen LogP) is 2.77. The van der Waals surface area contributed by atoms with E-state index in [9.17, 15) is 0 Å². The maximum absolute atomic E-state index is 5.51. The van der Waals surface area contributed by atoms with Gasteiger partial charge in [0, 0.05) is 12.7 Å². The standard InChI is InChI=1S/C12H17BrN2O/c1-3-10-8-16-7-6-15(10)12-11(13)9(2)4-5-14-12/h4-5,10H,3,6-8H2,1-2H3. The normalized spacial score (nSPS) is 21.2. The molecule has 0 radical (unpaired) electrons. The van der Waals surface area contributed by atoms with Gasteiger partial charge in [-0.05, 0) is 40.9 Å². The Hall–Kier alpha value is -0.610. The van der Waals surface area contributed by atoms with Crippen LogP contribution < -0.4 is 4.90 Å². The van der Waals surface area contributed by atoms with Gasteiger partial charge in [-0.1, -0.05) is 6.92 Å². The van der Waals surface area contributed by atoms with Gasteiger partial charge in [-0.25, -0.2) is 4.98 Å². The number of nitrogens with zero attached hydrogens (tertiary/aromatic N) is 2. The molecule has 1 aromatic rings. The van der Waals surface area contributed by atoms with Crippen molar-refractivity contribution in [3.8, 4) is 0 Å². The first kappa shape index (κ1) is 11.9. The van der Waals surface area contributed by atoms with Crippen LogP contribution in [0.15, 0.2) is 16.7 Å². The van der Waals surface area contributed by atoms with Crippen molar-refractivity contribution in [2.24, 2.45) is 0 Å². The van der Waals surface area contributed by atoms with Gasteiger partial charge in [0.1, 0.15) is 5.82 Å². The van der Waals surface area contributed by atoms with Crippen LogP contribution in [0.1, 0.15) is 18.9 Å². The lowest BCUT2D eigenvalue weighted by Gasteiger charge is -2.36. The molecule has 0 N–H and O–H groups in total. The molecule has 0 aliphatic carbocycles. The largest absolute Gasteiger partial charge is 0.377 e. The fourth-order valence-electron chi connectivity index (χ4n) is 2.00. The van der Waals surface area contributed by atoms with Gasteiger partial charge in [-0.2, -0.15) is 0 Å². The van der Waals surface area contributed by atoms with Crippen LogP contribution in [0, 0.1) is 6.92 Å². The number of ether oxygens (including phenoxy) is 1. The van der Waals surface area contributed by atoms with Gasteiger partial charge in [0.15, 0.2) is 0 Å². The van der Waals surface area contributed by atoms with E-state index in [1.165, 1.54) is 5.56 Å². The number of aromatic nitrogens is 1. The Kier molecular flexibility index (Phi) is 3.82. The van der Waals surface area contributed by atoms with E-state index >= 15 is 0 Å². The second-order valence-corrected chi connectivity index (χ2v) is 4.89. The number of aryl methyl sites for hydroxylation is 1. The fourth-order valence-corrected chi connectivity index (χ4v) is 2.46. The van der Waals surface area contributed by atoms with Crippen LogP contribution in [0.2, 0.25) is 0 Å². The van der Waals surface area contributed by atoms with Crippen molar-refractivity contribution < 1.29 is 4.74 Å². The molecule has 1 aliphatic heterocycles. The highest BCUT2D eigenvalue weighted by molar-refractivity contribution is 9.10. The molecule has 16 heavy (non-hydrogen) atoms. The summed E-state index contributed by atoms with van der Waals surface area (Å²) < 4.78 is 6.62. The third-order valence-electron chi connectivity index (χ3n) is 3.03. The van der Waals surface area contributed by atoms with Crippen molar-refractivity contribution in [3.63, 3.8) is 0 Å². The Morgan fingerprint density at radius 3 is 3.19 bits per heavy atom. The van der Waals surface area contributed by atoms with Crippen LogP contribution in [-0.2, 0) is 4.74 Å². The van der Waals surface area contributed by atoms with E-state index in [4.69, 9.17) is 4.74 Å². The van der Waals surface area contributed by atoms with Crippen LogP contribution in [0.25, 0.3) is 0 Å². The van der Waals surface area contributed by atoms with E-state index < -0.39 is 0 Å². The van der Waals surface area contributed by atoms with E-state index in [2.05, 4.69) is 39.7 Å². The molecule has 0 saturated carbocycles. The topological polar surface area (TPSA) is 25.4 Å². The third kappa shape index (κ3) is 2.23. The number of hydrogen-bond acceptors (Lipinski definition) is 3. The molecule has 4 heteroatoms. The summed E-state index contributed by atoms with van der Waals surface area (Å²) >= 11 is 3.63. The molecule has 0 amide bonds. The molecule has 2 heterocycles. The van der Waals surface area contributed by atoms with E-state index in [0.29, 0.717) is 6.04 Å². The maximum atomic E-state index is 5.51. The summed E-state index contributed by atoms with van der Waals surface area (Å²) in [6, 6.07) is 2.47. The Bertz CT molecular complexity index is 370. The summed E-state index contributed by atoms with van der Waals surface area (Å²) in [6.07, 6.45) is 2.96. The minimum Gasteiger partial charge on any atom is -0.377 e. The van der Waals surface area contributed by atoms with Crippen LogP contribution >= 0.6 is 15.9 Å². The number of anilines is 1. The molecule has 1 unspecified atom stereocenters. The third-order valence-corrected chi connectivity index (χ3v) is 4.01. The summed E-state index contributed by atoms with van der Waals surface area (Å²) in [5, 5.41) is 0. The highest BCUT2D eigenvalue weighted by atomic mass is 79.9. The second-order valence-electron chi connectivity index (χ2n) is 4.10. The molecule has 1 fully saturated rings. The molecule has 2 rings (SSSR count). The molecule has 0 spiro atoms. The van der Waals surface area contributed by atoms with E-state index in [1.54, 1.807) is 0 Å². The number of pyridine rings is 1. The van der Waals surface area contributed by atoms with Gasteiger partial charge in [0.25, 0.3) is 0 Å². The fraction of sp³-hybridized carbons (Fsp3) is 0.583. The van der Waals surface area contributed by atoms with Crippen LogP contribution in [0.3, 0.4) is 0 Å². The first-order valence-corrected chi connectivity index (χ1v) is 6.48. The number of hydrogen-bond donors (Lipinski definition) is 0. The van der Waals surface area contributed by atoms with E-state index in [0.717, 1.165) is 36.5 Å². The van der Waals surface area contributed by atoms with Crippen molar-refractivity contribution in [1.29, 1.82) is 0 Å². The minimum atomic E-state index is 0.444. The van der Waals surface area contributed by atoms with Gasteiger partial charge in [-0.3, -0.25) is 0 Å². The molecular weight excluding hydrogens is 268 g/mol. The lowest BCUT2D eigenvalue weighted by atomic mass is 10.1. The van der Waals surface area contributed by atoms with Crippen molar-refractivity contribution in [3.05, 3.63) is 22.3 Å². The highest BCUT2D eigenvalue weighted by Gasteiger charge is 2.24. The lowest BCUT2D eigenvalue weighted by Crippen LogP contribution is -2.45. The zero-order valence-corrected chi connectivity index (χ0v) is 11.3. The summed E-state index contributed by atoms with van der Waals surface area (Å²) in [7, 11) is 0. The zero-order valence-electron chi connectivity index (χ0n) is 9.74. The highest BCUT2D eigenvalue weighted by Crippen LogP contribution is 2.29. The second kappa shape index (κ2) is 5.15. The van der Waals surface area contributed by atoms with E-state index in [1.807, 2.05) is 12.3 Å². The van der Waals surface area contributed by atoms with Gasteiger partial charge in [0.2, 0.25) is 0 Å². The van der Waals surface area contributed by atoms with Crippen LogP contribution in [0.5, 0.6) is 0 Å². The van der Waals surface area contributed by atoms with Gasteiger partial charge in [0.05, 0.1) is 23.7 Å².